The minimum atomic E-state index is -0.220. The first-order chi connectivity index (χ1) is 16.1. The fourth-order valence-electron chi connectivity index (χ4n) is 5.26. The van der Waals surface area contributed by atoms with Gasteiger partial charge in [0.25, 0.3) is 0 Å². The molecule has 2 aromatic rings. The lowest BCUT2D eigenvalue weighted by Crippen LogP contribution is -2.43. The Bertz CT molecular complexity index is 916. The number of hydrogen-bond donors (Lipinski definition) is 2. The Morgan fingerprint density at radius 1 is 1.03 bits per heavy atom. The van der Waals surface area contributed by atoms with Crippen molar-refractivity contribution >= 4 is 17.5 Å². The molecular formula is C27H35ClFN3O. The molecule has 2 atom stereocenters. The van der Waals surface area contributed by atoms with Gasteiger partial charge in [-0.3, -0.25) is 9.69 Å². The number of halogens is 2. The number of carbonyl (C=O) groups excluding carboxylic acids is 1. The van der Waals surface area contributed by atoms with Gasteiger partial charge in [0.1, 0.15) is 5.82 Å². The standard InChI is InChI=1S/C27H35ClFN3O/c28-22-10-7-8-20(16-22)18-32-19-24(31-23-11-3-1-2-4-12-23)17-26(32)27(33)30-15-14-21-9-5-6-13-25(21)29/h5-10,13,16,23-24,26,31H,1-4,11-12,14-15,17-19H2,(H,30,33)/t24-,26-/m0/s1. The summed E-state index contributed by atoms with van der Waals surface area (Å²) in [6, 6.07) is 15.3. The SMILES string of the molecule is O=C(NCCc1ccccc1F)[C@@H]1C[C@H](NC2CCCCCC2)CN1Cc1cccc(Cl)c1. The zero-order valence-corrected chi connectivity index (χ0v) is 20.0. The van der Waals surface area contributed by atoms with Crippen LogP contribution < -0.4 is 10.6 Å². The van der Waals surface area contributed by atoms with Gasteiger partial charge in [-0.05, 0) is 55.0 Å². The van der Waals surface area contributed by atoms with E-state index in [1.165, 1.54) is 44.6 Å². The van der Waals surface area contributed by atoms with E-state index in [9.17, 15) is 9.18 Å². The number of benzene rings is 2. The monoisotopic (exact) mass is 471 g/mol. The lowest BCUT2D eigenvalue weighted by Gasteiger charge is -2.24. The van der Waals surface area contributed by atoms with E-state index < -0.39 is 0 Å². The predicted octanol–water partition coefficient (Wildman–Crippen LogP) is 5.09. The summed E-state index contributed by atoms with van der Waals surface area (Å²) < 4.78 is 13.9. The Morgan fingerprint density at radius 2 is 1.82 bits per heavy atom. The van der Waals surface area contributed by atoms with E-state index in [1.807, 2.05) is 24.3 Å². The minimum Gasteiger partial charge on any atom is -0.354 e. The van der Waals surface area contributed by atoms with Crippen molar-refractivity contribution in [2.24, 2.45) is 0 Å². The Kier molecular flexibility index (Phi) is 8.76. The average Bonchev–Trinajstić information content (AvgIpc) is 3.00. The molecule has 0 radical (unpaired) electrons. The molecule has 4 rings (SSSR count). The van der Waals surface area contributed by atoms with Gasteiger partial charge in [0.15, 0.2) is 0 Å². The molecule has 0 spiro atoms. The third kappa shape index (κ3) is 7.02. The summed E-state index contributed by atoms with van der Waals surface area (Å²) in [6.45, 7) is 1.96. The number of likely N-dealkylation sites (tertiary alicyclic amines) is 1. The molecule has 0 unspecified atom stereocenters. The Labute approximate surface area is 201 Å². The number of hydrogen-bond acceptors (Lipinski definition) is 3. The maximum atomic E-state index is 13.9. The van der Waals surface area contributed by atoms with Gasteiger partial charge in [-0.2, -0.15) is 0 Å². The van der Waals surface area contributed by atoms with E-state index in [2.05, 4.69) is 21.6 Å². The molecule has 2 N–H and O–H groups in total. The third-order valence-electron chi connectivity index (χ3n) is 6.96. The largest absolute Gasteiger partial charge is 0.354 e. The molecule has 4 nitrogen and oxygen atoms in total. The van der Waals surface area contributed by atoms with Crippen molar-refractivity contribution in [2.45, 2.75) is 76.0 Å². The molecule has 1 aliphatic heterocycles. The van der Waals surface area contributed by atoms with Crippen LogP contribution in [-0.4, -0.2) is 42.0 Å². The van der Waals surface area contributed by atoms with Crippen molar-refractivity contribution < 1.29 is 9.18 Å². The maximum Gasteiger partial charge on any atom is 0.237 e. The second-order valence-corrected chi connectivity index (χ2v) is 9.93. The molecule has 1 aliphatic carbocycles. The summed E-state index contributed by atoms with van der Waals surface area (Å²) in [6.07, 6.45) is 8.97. The van der Waals surface area contributed by atoms with Gasteiger partial charge in [0.05, 0.1) is 6.04 Å². The molecule has 1 heterocycles. The van der Waals surface area contributed by atoms with Crippen LogP contribution in [0.1, 0.15) is 56.1 Å². The van der Waals surface area contributed by atoms with Gasteiger partial charge in [-0.1, -0.05) is 67.6 Å². The summed E-state index contributed by atoms with van der Waals surface area (Å²) in [5.74, 6) is -0.193. The third-order valence-corrected chi connectivity index (χ3v) is 7.19. The van der Waals surface area contributed by atoms with Crippen LogP contribution in [0.3, 0.4) is 0 Å². The maximum absolute atomic E-state index is 13.9. The molecule has 2 aliphatic rings. The molecule has 2 aromatic carbocycles. The number of rotatable bonds is 8. The van der Waals surface area contributed by atoms with Gasteiger partial charge in [-0.25, -0.2) is 4.39 Å². The Hall–Kier alpha value is -1.95. The van der Waals surface area contributed by atoms with Crippen molar-refractivity contribution in [1.82, 2.24) is 15.5 Å². The molecule has 1 amide bonds. The highest BCUT2D eigenvalue weighted by Crippen LogP contribution is 2.25. The number of carbonyl (C=O) groups is 1. The van der Waals surface area contributed by atoms with Crippen molar-refractivity contribution in [3.63, 3.8) is 0 Å². The van der Waals surface area contributed by atoms with Crippen LogP contribution in [0.15, 0.2) is 48.5 Å². The van der Waals surface area contributed by atoms with E-state index >= 15 is 0 Å². The second-order valence-electron chi connectivity index (χ2n) is 9.50. The number of nitrogens with one attached hydrogen (secondary N) is 2. The molecule has 33 heavy (non-hydrogen) atoms. The molecular weight excluding hydrogens is 437 g/mol. The molecule has 6 heteroatoms. The summed E-state index contributed by atoms with van der Waals surface area (Å²) in [5.41, 5.74) is 1.75. The number of amides is 1. The lowest BCUT2D eigenvalue weighted by molar-refractivity contribution is -0.125. The highest BCUT2D eigenvalue weighted by atomic mass is 35.5. The van der Waals surface area contributed by atoms with Crippen LogP contribution in [0.25, 0.3) is 0 Å². The van der Waals surface area contributed by atoms with Crippen molar-refractivity contribution in [2.75, 3.05) is 13.1 Å². The quantitative estimate of drug-likeness (QED) is 0.527. The topological polar surface area (TPSA) is 44.4 Å². The van der Waals surface area contributed by atoms with E-state index in [-0.39, 0.29) is 17.8 Å². The van der Waals surface area contributed by atoms with Crippen LogP contribution >= 0.6 is 11.6 Å². The van der Waals surface area contributed by atoms with Crippen molar-refractivity contribution in [3.05, 3.63) is 70.5 Å². The molecule has 0 aromatic heterocycles. The first-order valence-corrected chi connectivity index (χ1v) is 12.7. The van der Waals surface area contributed by atoms with Gasteiger partial charge >= 0.3 is 0 Å². The highest BCUT2D eigenvalue weighted by Gasteiger charge is 2.37. The van der Waals surface area contributed by atoms with Crippen LogP contribution in [0, 0.1) is 5.82 Å². The van der Waals surface area contributed by atoms with Crippen LogP contribution in [0.2, 0.25) is 5.02 Å². The molecule has 178 valence electrons. The predicted molar refractivity (Wildman–Crippen MR) is 132 cm³/mol. The summed E-state index contributed by atoms with van der Waals surface area (Å²) >= 11 is 6.20. The normalized spacial score (nSPS) is 22.2. The van der Waals surface area contributed by atoms with Gasteiger partial charge in [-0.15, -0.1) is 0 Å². The summed E-state index contributed by atoms with van der Waals surface area (Å²) in [7, 11) is 0. The van der Waals surface area contributed by atoms with E-state index in [0.29, 0.717) is 42.2 Å². The average molecular weight is 472 g/mol. The van der Waals surface area contributed by atoms with E-state index in [1.54, 1.807) is 12.1 Å². The first kappa shape index (κ1) is 24.2. The van der Waals surface area contributed by atoms with Gasteiger partial charge in [0, 0.05) is 36.7 Å². The lowest BCUT2D eigenvalue weighted by atomic mass is 10.1. The molecule has 0 bridgehead atoms. The van der Waals surface area contributed by atoms with E-state index in [4.69, 9.17) is 11.6 Å². The fourth-order valence-corrected chi connectivity index (χ4v) is 5.47. The Morgan fingerprint density at radius 3 is 2.58 bits per heavy atom. The zero-order chi connectivity index (χ0) is 23.0. The van der Waals surface area contributed by atoms with Crippen LogP contribution in [0.5, 0.6) is 0 Å². The molecule has 1 saturated heterocycles. The highest BCUT2D eigenvalue weighted by molar-refractivity contribution is 6.30. The first-order valence-electron chi connectivity index (χ1n) is 12.3. The number of nitrogens with zero attached hydrogens (tertiary/aromatic N) is 1. The smallest absolute Gasteiger partial charge is 0.237 e. The second kappa shape index (κ2) is 12.0. The molecule has 1 saturated carbocycles. The van der Waals surface area contributed by atoms with Gasteiger partial charge < -0.3 is 10.6 Å². The van der Waals surface area contributed by atoms with Crippen molar-refractivity contribution in [1.29, 1.82) is 0 Å². The van der Waals surface area contributed by atoms with Gasteiger partial charge in [0.2, 0.25) is 5.91 Å². The van der Waals surface area contributed by atoms with Crippen LogP contribution in [-0.2, 0) is 17.8 Å². The Balaban J connectivity index is 1.38. The molecule has 2 fully saturated rings. The van der Waals surface area contributed by atoms with E-state index in [0.717, 1.165) is 18.5 Å². The summed E-state index contributed by atoms with van der Waals surface area (Å²) in [5, 5.41) is 7.64. The fraction of sp³-hybridized carbons (Fsp3) is 0.519. The zero-order valence-electron chi connectivity index (χ0n) is 19.2. The van der Waals surface area contributed by atoms with Crippen molar-refractivity contribution in [3.8, 4) is 0 Å². The summed E-state index contributed by atoms with van der Waals surface area (Å²) in [4.78, 5) is 15.4. The van der Waals surface area contributed by atoms with Crippen LogP contribution in [0.4, 0.5) is 4.39 Å². The minimum absolute atomic E-state index is 0.0264.